The zero-order valence-corrected chi connectivity index (χ0v) is 6.71. The van der Waals surface area contributed by atoms with Gasteiger partial charge in [-0.05, 0) is 5.53 Å². The highest BCUT2D eigenvalue weighted by atomic mass is 16.3. The highest BCUT2D eigenvalue weighted by molar-refractivity contribution is 5.83. The van der Waals surface area contributed by atoms with Crippen LogP contribution in [0.2, 0.25) is 0 Å². The van der Waals surface area contributed by atoms with E-state index in [1.807, 2.05) is 0 Å². The molecule has 0 aromatic rings. The van der Waals surface area contributed by atoms with Gasteiger partial charge in [-0.3, -0.25) is 4.79 Å². The average molecular weight is 173 g/mol. The molecule has 0 heterocycles. The highest BCUT2D eigenvalue weighted by Crippen LogP contribution is 1.98. The van der Waals surface area contributed by atoms with Gasteiger partial charge < -0.3 is 10.2 Å². The van der Waals surface area contributed by atoms with Crippen LogP contribution in [0.3, 0.4) is 0 Å². The summed E-state index contributed by atoms with van der Waals surface area (Å²) in [4.78, 5) is 13.2. The largest absolute Gasteiger partial charge is 0.390 e. The third kappa shape index (κ3) is 3.34. The van der Waals surface area contributed by atoms with Crippen LogP contribution in [-0.2, 0) is 4.79 Å². The summed E-state index contributed by atoms with van der Waals surface area (Å²) in [6, 6.07) is 0. The molecule has 2 N–H and O–H groups in total. The number of hydrogen-bond donors (Lipinski definition) is 2. The molecule has 0 aliphatic heterocycles. The molecule has 0 fully saturated rings. The summed E-state index contributed by atoms with van der Waals surface area (Å²) in [5, 5.41) is 21.1. The van der Waals surface area contributed by atoms with E-state index in [1.54, 1.807) is 6.92 Å². The number of Topliss-reactive ketones (excluding diaryl/α,β-unsaturated/α-hetero) is 1. The number of rotatable bonds is 5. The molecule has 0 saturated heterocycles. The third-order valence-corrected chi connectivity index (χ3v) is 1.37. The fourth-order valence-electron chi connectivity index (χ4n) is 0.644. The first-order valence-corrected chi connectivity index (χ1v) is 3.53. The minimum Gasteiger partial charge on any atom is -0.390 e. The molecule has 0 aromatic carbocycles. The number of aliphatic hydroxyl groups excluding tert-OH is 2. The Labute approximate surface area is 69.4 Å². The quantitative estimate of drug-likeness (QED) is 0.347. The number of hydrogen-bond acceptors (Lipinski definition) is 4. The Balaban J connectivity index is 3.99. The lowest BCUT2D eigenvalue weighted by atomic mass is 10.1. The van der Waals surface area contributed by atoms with Crippen molar-refractivity contribution in [1.29, 1.82) is 0 Å². The molecule has 12 heavy (non-hydrogen) atoms. The van der Waals surface area contributed by atoms with E-state index in [0.29, 0.717) is 0 Å². The summed E-state index contributed by atoms with van der Waals surface area (Å²) >= 11 is 0. The van der Waals surface area contributed by atoms with Crippen molar-refractivity contribution in [3.8, 4) is 0 Å². The maximum Gasteiger partial charge on any atom is 0.163 e. The first kappa shape index (κ1) is 10.9. The number of aliphatic hydroxyl groups is 2. The summed E-state index contributed by atoms with van der Waals surface area (Å²) < 4.78 is 0. The molecule has 0 aromatic heterocycles. The van der Waals surface area contributed by atoms with E-state index in [2.05, 4.69) is 10.0 Å². The zero-order chi connectivity index (χ0) is 9.56. The minimum atomic E-state index is -1.44. The Hall–Kier alpha value is -1.10. The van der Waals surface area contributed by atoms with E-state index in [9.17, 15) is 4.79 Å². The molecule has 0 amide bonds. The summed E-state index contributed by atoms with van der Waals surface area (Å²) in [5.41, 5.74) is 7.87. The van der Waals surface area contributed by atoms with Crippen molar-refractivity contribution >= 4 is 5.78 Å². The Morgan fingerprint density at radius 3 is 2.67 bits per heavy atom. The van der Waals surface area contributed by atoms with Gasteiger partial charge in [0.05, 0.1) is 12.6 Å². The van der Waals surface area contributed by atoms with Gasteiger partial charge in [0, 0.05) is 11.3 Å². The van der Waals surface area contributed by atoms with Gasteiger partial charge in [-0.2, -0.15) is 0 Å². The molecule has 0 unspecified atom stereocenters. The van der Waals surface area contributed by atoms with Crippen molar-refractivity contribution in [2.45, 2.75) is 25.6 Å². The molecule has 0 spiro atoms. The first-order valence-electron chi connectivity index (χ1n) is 3.53. The van der Waals surface area contributed by atoms with Gasteiger partial charge in [-0.25, -0.2) is 0 Å². The molecule has 0 aliphatic carbocycles. The standard InChI is InChI=1S/C6H11N3O3/c1-2-4(10)6(12)5(11)3-8-9-7/h5-6,11-12H,2-3H2,1H3/t5-,6-/m1/s1. The summed E-state index contributed by atoms with van der Waals surface area (Å²) in [7, 11) is 0. The van der Waals surface area contributed by atoms with Crippen LogP contribution in [0.1, 0.15) is 13.3 Å². The Morgan fingerprint density at radius 2 is 2.25 bits per heavy atom. The lowest BCUT2D eigenvalue weighted by Crippen LogP contribution is -2.35. The van der Waals surface area contributed by atoms with Gasteiger partial charge in [-0.15, -0.1) is 0 Å². The second-order valence-electron chi connectivity index (χ2n) is 2.25. The summed E-state index contributed by atoms with van der Waals surface area (Å²) in [6.07, 6.45) is -2.59. The van der Waals surface area contributed by atoms with E-state index in [-0.39, 0.29) is 13.0 Å². The van der Waals surface area contributed by atoms with Crippen LogP contribution in [0.5, 0.6) is 0 Å². The van der Waals surface area contributed by atoms with Gasteiger partial charge in [0.1, 0.15) is 6.10 Å². The summed E-state index contributed by atoms with van der Waals surface area (Å²) in [6.45, 7) is 1.29. The molecule has 6 nitrogen and oxygen atoms in total. The van der Waals surface area contributed by atoms with Gasteiger partial charge in [0.25, 0.3) is 0 Å². The van der Waals surface area contributed by atoms with Crippen LogP contribution in [0.15, 0.2) is 5.11 Å². The molecule has 0 rings (SSSR count). The van der Waals surface area contributed by atoms with Crippen molar-refractivity contribution in [3.63, 3.8) is 0 Å². The predicted molar refractivity (Wildman–Crippen MR) is 41.3 cm³/mol. The number of ketones is 1. The number of nitrogens with zero attached hydrogens (tertiary/aromatic N) is 3. The lowest BCUT2D eigenvalue weighted by molar-refractivity contribution is -0.132. The Bertz CT molecular complexity index is 200. The van der Waals surface area contributed by atoms with E-state index in [4.69, 9.17) is 15.7 Å². The number of azide groups is 1. The van der Waals surface area contributed by atoms with Crippen molar-refractivity contribution in [2.24, 2.45) is 5.11 Å². The third-order valence-electron chi connectivity index (χ3n) is 1.37. The molecule has 0 saturated carbocycles. The van der Waals surface area contributed by atoms with Crippen LogP contribution in [0.4, 0.5) is 0 Å². The Morgan fingerprint density at radius 1 is 1.67 bits per heavy atom. The number of carbonyl (C=O) groups excluding carboxylic acids is 1. The van der Waals surface area contributed by atoms with Crippen LogP contribution in [0.25, 0.3) is 10.4 Å². The summed E-state index contributed by atoms with van der Waals surface area (Å²) in [5.74, 6) is -0.462. The molecule has 0 bridgehead atoms. The zero-order valence-electron chi connectivity index (χ0n) is 6.71. The molecule has 6 heteroatoms. The lowest BCUT2D eigenvalue weighted by Gasteiger charge is -2.12. The van der Waals surface area contributed by atoms with Crippen LogP contribution in [-0.4, -0.2) is 34.7 Å². The Kier molecular flexibility index (Phi) is 5.03. The monoisotopic (exact) mass is 173 g/mol. The number of carbonyl (C=O) groups is 1. The van der Waals surface area contributed by atoms with Crippen molar-refractivity contribution in [3.05, 3.63) is 10.4 Å². The van der Waals surface area contributed by atoms with E-state index >= 15 is 0 Å². The predicted octanol–water partition coefficient (Wildman–Crippen LogP) is -0.00240. The fraction of sp³-hybridized carbons (Fsp3) is 0.833. The molecule has 0 aliphatic rings. The molecular formula is C6H11N3O3. The van der Waals surface area contributed by atoms with Crippen LogP contribution in [0, 0.1) is 0 Å². The van der Waals surface area contributed by atoms with Gasteiger partial charge in [0.2, 0.25) is 0 Å². The minimum absolute atomic E-state index is 0.147. The molecule has 0 radical (unpaired) electrons. The molecule has 2 atom stereocenters. The normalized spacial score (nSPS) is 14.6. The highest BCUT2D eigenvalue weighted by Gasteiger charge is 2.21. The van der Waals surface area contributed by atoms with Gasteiger partial charge in [0.15, 0.2) is 5.78 Å². The second-order valence-corrected chi connectivity index (χ2v) is 2.25. The SMILES string of the molecule is CCC(=O)[C@@H](O)[C@H](O)CN=[N+]=[N-]. The van der Waals surface area contributed by atoms with Crippen LogP contribution < -0.4 is 0 Å². The van der Waals surface area contributed by atoms with E-state index < -0.39 is 18.0 Å². The fourth-order valence-corrected chi connectivity index (χ4v) is 0.644. The van der Waals surface area contributed by atoms with E-state index in [0.717, 1.165) is 0 Å². The van der Waals surface area contributed by atoms with E-state index in [1.165, 1.54) is 0 Å². The first-order chi connectivity index (χ1) is 5.63. The topological polar surface area (TPSA) is 106 Å². The smallest absolute Gasteiger partial charge is 0.163 e. The van der Waals surface area contributed by atoms with Crippen molar-refractivity contribution in [2.75, 3.05) is 6.54 Å². The maximum absolute atomic E-state index is 10.8. The van der Waals surface area contributed by atoms with Gasteiger partial charge >= 0.3 is 0 Å². The second kappa shape index (κ2) is 5.54. The van der Waals surface area contributed by atoms with Gasteiger partial charge in [-0.1, -0.05) is 12.0 Å². The molecular weight excluding hydrogens is 162 g/mol. The van der Waals surface area contributed by atoms with Crippen LogP contribution >= 0.6 is 0 Å². The van der Waals surface area contributed by atoms with Crippen molar-refractivity contribution in [1.82, 2.24) is 0 Å². The maximum atomic E-state index is 10.8. The molecule has 68 valence electrons. The van der Waals surface area contributed by atoms with Crippen molar-refractivity contribution < 1.29 is 15.0 Å². The average Bonchev–Trinajstić information content (AvgIpc) is 2.11.